The molecule has 1 N–H and O–H groups in total. The SMILES string of the molecule is Cc1nn(-c2nc(-c3ccc(S(C)(=O)=O)cc3)c(SC(C)C)s2)c(C(=O)O)c1-c1cccc(F)c1. The molecule has 2 aromatic carbocycles. The Labute approximate surface area is 210 Å². The van der Waals surface area contributed by atoms with Crippen molar-refractivity contribution in [3.8, 4) is 27.5 Å². The largest absolute Gasteiger partial charge is 0.476 e. The summed E-state index contributed by atoms with van der Waals surface area (Å²) in [6, 6.07) is 12.1. The molecular formula is C24H22FN3O4S3. The molecule has 0 radical (unpaired) electrons. The van der Waals surface area contributed by atoms with Crippen LogP contribution in [0.3, 0.4) is 0 Å². The van der Waals surface area contributed by atoms with Gasteiger partial charge in [-0.25, -0.2) is 22.6 Å². The lowest BCUT2D eigenvalue weighted by atomic mass is 10.0. The molecule has 0 unspecified atom stereocenters. The van der Waals surface area contributed by atoms with Crippen molar-refractivity contribution < 1.29 is 22.7 Å². The third-order valence-corrected chi connectivity index (χ3v) is 8.41. The number of aryl methyl sites for hydroxylation is 1. The lowest BCUT2D eigenvalue weighted by molar-refractivity contribution is 0.0687. The third kappa shape index (κ3) is 5.16. The number of aromatic carboxylic acids is 1. The van der Waals surface area contributed by atoms with Gasteiger partial charge >= 0.3 is 5.97 Å². The summed E-state index contributed by atoms with van der Waals surface area (Å²) in [6.07, 6.45) is 1.15. The van der Waals surface area contributed by atoms with Crippen molar-refractivity contribution in [2.75, 3.05) is 6.26 Å². The molecule has 11 heteroatoms. The average Bonchev–Trinajstić information content (AvgIpc) is 3.33. The second-order valence-electron chi connectivity index (χ2n) is 8.13. The topological polar surface area (TPSA) is 102 Å². The highest BCUT2D eigenvalue weighted by Crippen LogP contribution is 2.41. The number of thioether (sulfide) groups is 1. The molecule has 2 heterocycles. The Morgan fingerprint density at radius 3 is 2.40 bits per heavy atom. The summed E-state index contributed by atoms with van der Waals surface area (Å²) in [5.41, 5.74) is 2.37. The third-order valence-electron chi connectivity index (χ3n) is 5.04. The molecule has 4 aromatic rings. The molecule has 0 saturated heterocycles. The maximum Gasteiger partial charge on any atom is 0.355 e. The number of carboxylic acid groups (broad SMARTS) is 1. The first-order valence-electron chi connectivity index (χ1n) is 10.5. The van der Waals surface area contributed by atoms with Crippen LogP contribution in [0.15, 0.2) is 57.6 Å². The zero-order valence-corrected chi connectivity index (χ0v) is 21.8. The molecule has 0 spiro atoms. The zero-order valence-electron chi connectivity index (χ0n) is 19.3. The van der Waals surface area contributed by atoms with Crippen LogP contribution >= 0.6 is 23.1 Å². The number of sulfone groups is 1. The lowest BCUT2D eigenvalue weighted by Crippen LogP contribution is -2.09. The minimum Gasteiger partial charge on any atom is -0.476 e. The molecule has 0 saturated carbocycles. The van der Waals surface area contributed by atoms with Gasteiger partial charge < -0.3 is 5.11 Å². The fraction of sp³-hybridized carbons (Fsp3) is 0.208. The Morgan fingerprint density at radius 1 is 1.14 bits per heavy atom. The van der Waals surface area contributed by atoms with Crippen molar-refractivity contribution in [3.63, 3.8) is 0 Å². The van der Waals surface area contributed by atoms with Crippen LogP contribution in [0.5, 0.6) is 0 Å². The minimum absolute atomic E-state index is 0.109. The van der Waals surface area contributed by atoms with Gasteiger partial charge in [-0.2, -0.15) is 9.78 Å². The molecule has 0 aliphatic carbocycles. The second kappa shape index (κ2) is 9.56. The predicted molar refractivity (Wildman–Crippen MR) is 136 cm³/mol. The summed E-state index contributed by atoms with van der Waals surface area (Å²) < 4.78 is 39.7. The highest BCUT2D eigenvalue weighted by Gasteiger charge is 2.27. The predicted octanol–water partition coefficient (Wildman–Crippen LogP) is 5.71. The van der Waals surface area contributed by atoms with Crippen LogP contribution in [0.1, 0.15) is 30.0 Å². The number of aromatic nitrogens is 3. The first-order chi connectivity index (χ1) is 16.5. The molecule has 7 nitrogen and oxygen atoms in total. The Hall–Kier alpha value is -3.02. The maximum absolute atomic E-state index is 13.9. The number of thiazole rings is 1. The van der Waals surface area contributed by atoms with E-state index in [2.05, 4.69) is 5.10 Å². The van der Waals surface area contributed by atoms with Crippen molar-refractivity contribution in [2.24, 2.45) is 0 Å². The average molecular weight is 532 g/mol. The normalized spacial score (nSPS) is 11.8. The second-order valence-corrected chi connectivity index (χ2v) is 13.0. The van der Waals surface area contributed by atoms with Gasteiger partial charge in [0.05, 0.1) is 20.5 Å². The Balaban J connectivity index is 1.89. The molecule has 35 heavy (non-hydrogen) atoms. The van der Waals surface area contributed by atoms with Gasteiger partial charge in [0.1, 0.15) is 5.82 Å². The number of carbonyl (C=O) groups is 1. The van der Waals surface area contributed by atoms with Crippen LogP contribution in [0.2, 0.25) is 0 Å². The maximum atomic E-state index is 13.9. The van der Waals surface area contributed by atoms with Crippen LogP contribution in [0, 0.1) is 12.7 Å². The first-order valence-corrected chi connectivity index (χ1v) is 14.1. The standard InChI is InChI=1S/C24H22FN3O4S3/c1-13(2)33-23-20(15-8-10-18(11-9-15)35(4,31)32)26-24(34-23)28-21(22(29)30)19(14(3)27-28)16-6-5-7-17(25)12-16/h5-13H,1-4H3,(H,29,30). The molecule has 2 aromatic heterocycles. The highest BCUT2D eigenvalue weighted by atomic mass is 32.2. The van der Waals surface area contributed by atoms with E-state index in [0.717, 1.165) is 10.5 Å². The van der Waals surface area contributed by atoms with Crippen molar-refractivity contribution in [1.29, 1.82) is 0 Å². The molecule has 182 valence electrons. The molecular weight excluding hydrogens is 509 g/mol. The quantitative estimate of drug-likeness (QED) is 0.305. The zero-order chi connectivity index (χ0) is 25.5. The van der Waals surface area contributed by atoms with E-state index in [1.54, 1.807) is 36.9 Å². The van der Waals surface area contributed by atoms with Crippen LogP contribution in [0.25, 0.3) is 27.5 Å². The van der Waals surface area contributed by atoms with E-state index in [4.69, 9.17) is 4.98 Å². The molecule has 0 fully saturated rings. The van der Waals surface area contributed by atoms with Crippen molar-refractivity contribution in [1.82, 2.24) is 14.8 Å². The van der Waals surface area contributed by atoms with Gasteiger partial charge in [-0.15, -0.1) is 11.8 Å². The van der Waals surface area contributed by atoms with E-state index < -0.39 is 21.6 Å². The number of rotatable bonds is 7. The van der Waals surface area contributed by atoms with E-state index in [0.29, 0.717) is 33.2 Å². The van der Waals surface area contributed by atoms with Gasteiger partial charge in [0.15, 0.2) is 15.5 Å². The van der Waals surface area contributed by atoms with E-state index in [9.17, 15) is 22.7 Å². The number of hydrogen-bond acceptors (Lipinski definition) is 7. The van der Waals surface area contributed by atoms with Crippen molar-refractivity contribution in [3.05, 3.63) is 65.7 Å². The molecule has 0 bridgehead atoms. The molecule has 0 atom stereocenters. The smallest absolute Gasteiger partial charge is 0.355 e. The Bertz CT molecular complexity index is 1520. The van der Waals surface area contributed by atoms with Crippen LogP contribution in [0.4, 0.5) is 4.39 Å². The van der Waals surface area contributed by atoms with Gasteiger partial charge in [-0.05, 0) is 36.8 Å². The lowest BCUT2D eigenvalue weighted by Gasteiger charge is -2.05. The summed E-state index contributed by atoms with van der Waals surface area (Å²) >= 11 is 2.86. The van der Waals surface area contributed by atoms with E-state index in [-0.39, 0.29) is 15.8 Å². The van der Waals surface area contributed by atoms with Gasteiger partial charge in [-0.1, -0.05) is 49.4 Å². The van der Waals surface area contributed by atoms with Gasteiger partial charge in [0.25, 0.3) is 0 Å². The van der Waals surface area contributed by atoms with Crippen molar-refractivity contribution >= 4 is 38.9 Å². The number of nitrogens with zero attached hydrogens (tertiary/aromatic N) is 3. The first kappa shape index (κ1) is 25.1. The Kier molecular flexibility index (Phi) is 6.85. The van der Waals surface area contributed by atoms with Crippen molar-refractivity contribution in [2.45, 2.75) is 35.1 Å². The number of halogens is 1. The molecule has 0 aliphatic rings. The summed E-state index contributed by atoms with van der Waals surface area (Å²) in [7, 11) is -3.34. The van der Waals surface area contributed by atoms with Gasteiger partial charge in [-0.3, -0.25) is 0 Å². The number of benzene rings is 2. The van der Waals surface area contributed by atoms with Crippen LogP contribution in [-0.4, -0.2) is 45.8 Å². The molecule has 0 amide bonds. The minimum atomic E-state index is -3.34. The molecule has 4 rings (SSSR count). The number of carboxylic acids is 1. The fourth-order valence-electron chi connectivity index (χ4n) is 3.58. The monoisotopic (exact) mass is 531 g/mol. The summed E-state index contributed by atoms with van der Waals surface area (Å²) in [5, 5.41) is 15.1. The highest BCUT2D eigenvalue weighted by molar-refractivity contribution is 8.01. The van der Waals surface area contributed by atoms with Crippen LogP contribution < -0.4 is 0 Å². The number of hydrogen-bond donors (Lipinski definition) is 1. The van der Waals surface area contributed by atoms with Crippen LogP contribution in [-0.2, 0) is 9.84 Å². The fourth-order valence-corrected chi connectivity index (χ4v) is 6.68. The Morgan fingerprint density at radius 2 is 1.83 bits per heavy atom. The van der Waals surface area contributed by atoms with E-state index in [1.165, 1.54) is 46.4 Å². The summed E-state index contributed by atoms with van der Waals surface area (Å²) in [5.74, 6) is -1.69. The van der Waals surface area contributed by atoms with Gasteiger partial charge in [0.2, 0.25) is 5.13 Å². The van der Waals surface area contributed by atoms with E-state index in [1.807, 2.05) is 13.8 Å². The van der Waals surface area contributed by atoms with E-state index >= 15 is 0 Å². The van der Waals surface area contributed by atoms with Gasteiger partial charge in [0, 0.05) is 22.6 Å². The molecule has 0 aliphatic heterocycles. The summed E-state index contributed by atoms with van der Waals surface area (Å²) in [6.45, 7) is 5.73. The summed E-state index contributed by atoms with van der Waals surface area (Å²) in [4.78, 5) is 17.2.